The van der Waals surface area contributed by atoms with Crippen LogP contribution in [0.25, 0.3) is 0 Å². The van der Waals surface area contributed by atoms with Crippen molar-refractivity contribution >= 4 is 11.8 Å². The zero-order valence-corrected chi connectivity index (χ0v) is 14.5. The van der Waals surface area contributed by atoms with Gasteiger partial charge in [0.1, 0.15) is 5.76 Å². The van der Waals surface area contributed by atoms with Gasteiger partial charge in [-0.15, -0.1) is 0 Å². The summed E-state index contributed by atoms with van der Waals surface area (Å²) >= 11 is 0. The average molecular weight is 354 g/mol. The van der Waals surface area contributed by atoms with Crippen LogP contribution in [-0.2, 0) is 27.3 Å². The number of hydrogen-bond donors (Lipinski definition) is 1. The van der Waals surface area contributed by atoms with Gasteiger partial charge in [0.15, 0.2) is 0 Å². The smallest absolute Gasteiger partial charge is 0.227 e. The summed E-state index contributed by atoms with van der Waals surface area (Å²) in [5, 5.41) is 2.90. The highest BCUT2D eigenvalue weighted by atomic mass is 16.5. The highest BCUT2D eigenvalue weighted by molar-refractivity contribution is 5.84. The molecule has 0 saturated carbocycles. The van der Waals surface area contributed by atoms with Crippen molar-refractivity contribution < 1.29 is 18.7 Å². The van der Waals surface area contributed by atoms with Crippen LogP contribution in [0.2, 0.25) is 0 Å². The third-order valence-corrected chi connectivity index (χ3v) is 5.17. The van der Waals surface area contributed by atoms with Gasteiger partial charge in [-0.3, -0.25) is 9.59 Å². The van der Waals surface area contributed by atoms with Gasteiger partial charge in [0, 0.05) is 13.2 Å². The minimum Gasteiger partial charge on any atom is -0.467 e. The number of fused-ring (bicyclic) bond motifs is 1. The third kappa shape index (κ3) is 3.37. The molecule has 1 N–H and O–H groups in total. The van der Waals surface area contributed by atoms with E-state index in [0.717, 1.165) is 12.0 Å². The number of benzene rings is 1. The number of ether oxygens (including phenoxy) is 1. The van der Waals surface area contributed by atoms with Crippen molar-refractivity contribution in [2.24, 2.45) is 5.92 Å². The molecule has 1 aromatic carbocycles. The summed E-state index contributed by atoms with van der Waals surface area (Å²) in [7, 11) is 0. The molecule has 26 heavy (non-hydrogen) atoms. The van der Waals surface area contributed by atoms with E-state index < -0.39 is 0 Å². The Hall–Kier alpha value is -2.60. The fourth-order valence-corrected chi connectivity index (χ4v) is 3.88. The Bertz CT molecular complexity index is 759. The van der Waals surface area contributed by atoms with Crippen LogP contribution in [0.15, 0.2) is 53.1 Å². The fraction of sp³-hybridized carbons (Fsp3) is 0.400. The van der Waals surface area contributed by atoms with Gasteiger partial charge in [-0.05, 0) is 24.1 Å². The summed E-state index contributed by atoms with van der Waals surface area (Å²) in [5.74, 6) is 0.334. The summed E-state index contributed by atoms with van der Waals surface area (Å²) in [4.78, 5) is 27.3. The van der Waals surface area contributed by atoms with Crippen molar-refractivity contribution in [2.75, 3.05) is 13.2 Å². The largest absolute Gasteiger partial charge is 0.467 e. The molecule has 2 saturated heterocycles. The molecular formula is C20H22N2O4. The van der Waals surface area contributed by atoms with E-state index in [1.807, 2.05) is 41.3 Å². The number of amides is 2. The van der Waals surface area contributed by atoms with E-state index in [1.54, 1.807) is 12.3 Å². The molecule has 2 aliphatic rings. The molecule has 2 aliphatic heterocycles. The van der Waals surface area contributed by atoms with Crippen LogP contribution in [0.1, 0.15) is 17.7 Å². The molecule has 2 aromatic rings. The third-order valence-electron chi connectivity index (χ3n) is 5.17. The average Bonchev–Trinajstić information content (AvgIpc) is 3.38. The Morgan fingerprint density at radius 2 is 2.00 bits per heavy atom. The molecule has 1 aromatic heterocycles. The monoisotopic (exact) mass is 354 g/mol. The maximum absolute atomic E-state index is 12.8. The van der Waals surface area contributed by atoms with Crippen LogP contribution in [0.3, 0.4) is 0 Å². The first kappa shape index (κ1) is 16.8. The highest BCUT2D eigenvalue weighted by Crippen LogP contribution is 2.34. The van der Waals surface area contributed by atoms with E-state index >= 15 is 0 Å². The Labute approximate surface area is 152 Å². The standard InChI is InChI=1S/C20H22N2O4/c23-18(11-14-5-2-1-3-6-14)22-13-16(19-17(22)8-10-26-19)20(24)21-12-15-7-4-9-25-15/h1-7,9,16-17,19H,8,10-13H2,(H,21,24)/t16-,17+,19-/m1/s1. The summed E-state index contributed by atoms with van der Waals surface area (Å²) in [6, 6.07) is 13.3. The zero-order valence-electron chi connectivity index (χ0n) is 14.5. The second-order valence-corrected chi connectivity index (χ2v) is 6.80. The van der Waals surface area contributed by atoms with Gasteiger partial charge in [-0.25, -0.2) is 0 Å². The Kier molecular flexibility index (Phi) is 4.75. The van der Waals surface area contributed by atoms with Crippen LogP contribution < -0.4 is 5.32 Å². The first-order valence-electron chi connectivity index (χ1n) is 8.97. The number of nitrogens with zero attached hydrogens (tertiary/aromatic N) is 1. The number of rotatable bonds is 5. The minimum atomic E-state index is -0.336. The number of hydrogen-bond acceptors (Lipinski definition) is 4. The Morgan fingerprint density at radius 3 is 2.77 bits per heavy atom. The molecule has 0 spiro atoms. The fourth-order valence-electron chi connectivity index (χ4n) is 3.88. The van der Waals surface area contributed by atoms with Crippen LogP contribution in [0.5, 0.6) is 0 Å². The molecule has 2 amide bonds. The van der Waals surface area contributed by atoms with Crippen molar-refractivity contribution in [1.29, 1.82) is 0 Å². The number of furan rings is 1. The molecule has 0 bridgehead atoms. The van der Waals surface area contributed by atoms with Gasteiger partial charge in [-0.2, -0.15) is 0 Å². The zero-order chi connectivity index (χ0) is 17.9. The van der Waals surface area contributed by atoms with Gasteiger partial charge < -0.3 is 19.4 Å². The van der Waals surface area contributed by atoms with Crippen molar-refractivity contribution in [1.82, 2.24) is 10.2 Å². The maximum Gasteiger partial charge on any atom is 0.227 e. The predicted molar refractivity (Wildman–Crippen MR) is 94.0 cm³/mol. The summed E-state index contributed by atoms with van der Waals surface area (Å²) in [5.41, 5.74) is 0.985. The number of carbonyl (C=O) groups excluding carboxylic acids is 2. The van der Waals surface area contributed by atoms with Crippen molar-refractivity contribution in [3.63, 3.8) is 0 Å². The molecule has 0 radical (unpaired) electrons. The lowest BCUT2D eigenvalue weighted by molar-refractivity contribution is -0.131. The molecule has 4 rings (SSSR count). The van der Waals surface area contributed by atoms with Crippen molar-refractivity contribution in [2.45, 2.75) is 31.5 Å². The first-order valence-corrected chi connectivity index (χ1v) is 8.97. The van der Waals surface area contributed by atoms with Crippen LogP contribution in [0.4, 0.5) is 0 Å². The lowest BCUT2D eigenvalue weighted by atomic mass is 10.0. The highest BCUT2D eigenvalue weighted by Gasteiger charge is 2.50. The summed E-state index contributed by atoms with van der Waals surface area (Å²) in [6.07, 6.45) is 2.50. The Morgan fingerprint density at radius 1 is 1.15 bits per heavy atom. The lowest BCUT2D eigenvalue weighted by Crippen LogP contribution is -2.38. The minimum absolute atomic E-state index is 0.00873. The van der Waals surface area contributed by atoms with Crippen LogP contribution >= 0.6 is 0 Å². The number of nitrogens with one attached hydrogen (secondary N) is 1. The van der Waals surface area contributed by atoms with Crippen molar-refractivity contribution in [3.05, 3.63) is 60.1 Å². The second kappa shape index (κ2) is 7.33. The van der Waals surface area contributed by atoms with Crippen molar-refractivity contribution in [3.8, 4) is 0 Å². The van der Waals surface area contributed by atoms with Gasteiger partial charge in [0.2, 0.25) is 11.8 Å². The Balaban J connectivity index is 1.41. The molecule has 6 nitrogen and oxygen atoms in total. The molecule has 0 aliphatic carbocycles. The number of carbonyl (C=O) groups is 2. The SMILES string of the molecule is O=C(NCc1ccco1)[C@@H]1CN(C(=O)Cc2ccccc2)[C@H]2CCO[C@H]12. The molecule has 3 heterocycles. The van der Waals surface area contributed by atoms with Gasteiger partial charge >= 0.3 is 0 Å². The lowest BCUT2D eigenvalue weighted by Gasteiger charge is -2.22. The predicted octanol–water partition coefficient (Wildman–Crippen LogP) is 1.75. The van der Waals surface area contributed by atoms with E-state index in [4.69, 9.17) is 9.15 Å². The van der Waals surface area contributed by atoms with E-state index in [9.17, 15) is 9.59 Å². The quantitative estimate of drug-likeness (QED) is 0.888. The summed E-state index contributed by atoms with van der Waals surface area (Å²) in [6.45, 7) is 1.34. The summed E-state index contributed by atoms with van der Waals surface area (Å²) < 4.78 is 11.0. The normalized spacial score (nSPS) is 24.5. The molecule has 0 unspecified atom stereocenters. The van der Waals surface area contributed by atoms with E-state index in [1.165, 1.54) is 0 Å². The number of likely N-dealkylation sites (tertiary alicyclic amines) is 1. The molecule has 2 fully saturated rings. The van der Waals surface area contributed by atoms with Crippen LogP contribution in [0, 0.1) is 5.92 Å². The van der Waals surface area contributed by atoms with Gasteiger partial charge in [-0.1, -0.05) is 30.3 Å². The molecule has 3 atom stereocenters. The van der Waals surface area contributed by atoms with Gasteiger partial charge in [0.05, 0.1) is 37.3 Å². The first-order chi connectivity index (χ1) is 12.7. The van der Waals surface area contributed by atoms with E-state index in [-0.39, 0.29) is 29.9 Å². The second-order valence-electron chi connectivity index (χ2n) is 6.80. The topological polar surface area (TPSA) is 71.8 Å². The van der Waals surface area contributed by atoms with E-state index in [2.05, 4.69) is 5.32 Å². The molecular weight excluding hydrogens is 332 g/mol. The maximum atomic E-state index is 12.8. The molecule has 136 valence electrons. The molecule has 6 heteroatoms. The van der Waals surface area contributed by atoms with Gasteiger partial charge in [0.25, 0.3) is 0 Å². The van der Waals surface area contributed by atoms with E-state index in [0.29, 0.717) is 31.9 Å². The van der Waals surface area contributed by atoms with Crippen LogP contribution in [-0.4, -0.2) is 42.0 Å².